The number of hydrogen-bond donors (Lipinski definition) is 1. The number of benzene rings is 1. The molecule has 1 aromatic rings. The SMILES string of the molecule is CCc1ccc(CN)cc1S(=O)(=O)N(C)CC1CCC1. The average Bonchev–Trinajstić information content (AvgIpc) is 2.41. The summed E-state index contributed by atoms with van der Waals surface area (Å²) in [5, 5.41) is 0. The molecule has 0 saturated heterocycles. The van der Waals surface area contributed by atoms with Gasteiger partial charge < -0.3 is 5.73 Å². The quantitative estimate of drug-likeness (QED) is 0.874. The Balaban J connectivity index is 2.31. The molecule has 1 aliphatic rings. The molecule has 0 atom stereocenters. The first kappa shape index (κ1) is 15.5. The van der Waals surface area contributed by atoms with Crippen LogP contribution in [-0.4, -0.2) is 26.3 Å². The van der Waals surface area contributed by atoms with E-state index in [9.17, 15) is 8.42 Å². The molecule has 0 unspecified atom stereocenters. The zero-order chi connectivity index (χ0) is 14.8. The molecule has 20 heavy (non-hydrogen) atoms. The lowest BCUT2D eigenvalue weighted by Crippen LogP contribution is -2.34. The summed E-state index contributed by atoms with van der Waals surface area (Å²) in [5.41, 5.74) is 7.36. The molecule has 2 N–H and O–H groups in total. The highest BCUT2D eigenvalue weighted by Crippen LogP contribution is 2.29. The Labute approximate surface area is 122 Å². The van der Waals surface area contributed by atoms with Crippen molar-refractivity contribution in [3.63, 3.8) is 0 Å². The van der Waals surface area contributed by atoms with Crippen molar-refractivity contribution < 1.29 is 8.42 Å². The Morgan fingerprint density at radius 3 is 2.55 bits per heavy atom. The fraction of sp³-hybridized carbons (Fsp3) is 0.600. The maximum atomic E-state index is 12.7. The number of aryl methyl sites for hydroxylation is 1. The number of nitrogens with zero attached hydrogens (tertiary/aromatic N) is 1. The molecule has 1 aromatic carbocycles. The second-order valence-corrected chi connectivity index (χ2v) is 7.60. The third-order valence-electron chi connectivity index (χ3n) is 4.18. The van der Waals surface area contributed by atoms with Gasteiger partial charge in [0.25, 0.3) is 0 Å². The lowest BCUT2D eigenvalue weighted by atomic mass is 9.86. The Bertz CT molecular complexity index is 565. The molecule has 0 spiro atoms. The second kappa shape index (κ2) is 6.24. The molecule has 1 saturated carbocycles. The van der Waals surface area contributed by atoms with E-state index >= 15 is 0 Å². The van der Waals surface area contributed by atoms with Gasteiger partial charge in [-0.15, -0.1) is 0 Å². The van der Waals surface area contributed by atoms with E-state index in [4.69, 9.17) is 5.73 Å². The summed E-state index contributed by atoms with van der Waals surface area (Å²) in [4.78, 5) is 0.421. The molecule has 0 bridgehead atoms. The van der Waals surface area contributed by atoms with Crippen molar-refractivity contribution in [2.45, 2.75) is 44.0 Å². The Hall–Kier alpha value is -0.910. The predicted molar refractivity (Wildman–Crippen MR) is 80.9 cm³/mol. The van der Waals surface area contributed by atoms with Crippen LogP contribution in [0.25, 0.3) is 0 Å². The van der Waals surface area contributed by atoms with Crippen LogP contribution < -0.4 is 5.73 Å². The summed E-state index contributed by atoms with van der Waals surface area (Å²) >= 11 is 0. The molecular formula is C15H24N2O2S. The normalized spacial score (nSPS) is 16.4. The van der Waals surface area contributed by atoms with Gasteiger partial charge in [-0.1, -0.05) is 25.5 Å². The third-order valence-corrected chi connectivity index (χ3v) is 6.08. The van der Waals surface area contributed by atoms with E-state index in [-0.39, 0.29) is 0 Å². The minimum Gasteiger partial charge on any atom is -0.326 e. The van der Waals surface area contributed by atoms with E-state index in [2.05, 4.69) is 0 Å². The van der Waals surface area contributed by atoms with Crippen molar-refractivity contribution in [2.24, 2.45) is 11.7 Å². The molecule has 1 fully saturated rings. The van der Waals surface area contributed by atoms with Gasteiger partial charge in [-0.3, -0.25) is 0 Å². The van der Waals surface area contributed by atoms with E-state index in [0.29, 0.717) is 30.3 Å². The molecule has 112 valence electrons. The van der Waals surface area contributed by atoms with Crippen molar-refractivity contribution in [3.05, 3.63) is 29.3 Å². The molecule has 0 heterocycles. The minimum atomic E-state index is -3.41. The number of nitrogens with two attached hydrogens (primary N) is 1. The van der Waals surface area contributed by atoms with Gasteiger partial charge >= 0.3 is 0 Å². The fourth-order valence-corrected chi connectivity index (χ4v) is 4.15. The summed E-state index contributed by atoms with van der Waals surface area (Å²) in [7, 11) is -1.73. The highest BCUT2D eigenvalue weighted by atomic mass is 32.2. The first-order valence-corrected chi connectivity index (χ1v) is 8.71. The lowest BCUT2D eigenvalue weighted by Gasteiger charge is -2.30. The van der Waals surface area contributed by atoms with Gasteiger partial charge in [0.15, 0.2) is 0 Å². The molecule has 5 heteroatoms. The summed E-state index contributed by atoms with van der Waals surface area (Å²) in [6.07, 6.45) is 4.21. The highest BCUT2D eigenvalue weighted by molar-refractivity contribution is 7.89. The standard InChI is InChI=1S/C15H24N2O2S/c1-3-14-8-7-13(10-16)9-15(14)20(18,19)17(2)11-12-5-4-6-12/h7-9,12H,3-6,10-11,16H2,1-2H3. The summed E-state index contributed by atoms with van der Waals surface area (Å²) in [6.45, 7) is 2.96. The second-order valence-electron chi connectivity index (χ2n) is 5.58. The first-order chi connectivity index (χ1) is 9.48. The summed E-state index contributed by atoms with van der Waals surface area (Å²) in [6, 6.07) is 5.52. The van der Waals surface area contributed by atoms with E-state index < -0.39 is 10.0 Å². The number of hydrogen-bond acceptors (Lipinski definition) is 3. The molecule has 0 aliphatic heterocycles. The van der Waals surface area contributed by atoms with E-state index in [1.165, 1.54) is 10.7 Å². The fourth-order valence-electron chi connectivity index (χ4n) is 2.56. The molecule has 0 aromatic heterocycles. The van der Waals surface area contributed by atoms with Crippen molar-refractivity contribution in [3.8, 4) is 0 Å². The van der Waals surface area contributed by atoms with Crippen LogP contribution in [0.15, 0.2) is 23.1 Å². The zero-order valence-electron chi connectivity index (χ0n) is 12.3. The van der Waals surface area contributed by atoms with Crippen LogP contribution in [0.5, 0.6) is 0 Å². The molecule has 2 rings (SSSR count). The van der Waals surface area contributed by atoms with E-state index in [0.717, 1.165) is 24.0 Å². The van der Waals surface area contributed by atoms with Gasteiger partial charge in [0.1, 0.15) is 0 Å². The first-order valence-electron chi connectivity index (χ1n) is 7.27. The molecular weight excluding hydrogens is 272 g/mol. The highest BCUT2D eigenvalue weighted by Gasteiger charge is 2.28. The van der Waals surface area contributed by atoms with Crippen molar-refractivity contribution in [2.75, 3.05) is 13.6 Å². The minimum absolute atomic E-state index is 0.360. The average molecular weight is 296 g/mol. The van der Waals surface area contributed by atoms with Crippen molar-refractivity contribution in [1.29, 1.82) is 0 Å². The molecule has 1 aliphatic carbocycles. The van der Waals surface area contributed by atoms with E-state index in [1.54, 1.807) is 13.1 Å². The topological polar surface area (TPSA) is 63.4 Å². The van der Waals surface area contributed by atoms with Crippen LogP contribution in [0, 0.1) is 5.92 Å². The van der Waals surface area contributed by atoms with Crippen LogP contribution in [0.3, 0.4) is 0 Å². The van der Waals surface area contributed by atoms with E-state index in [1.807, 2.05) is 19.1 Å². The largest absolute Gasteiger partial charge is 0.326 e. The smallest absolute Gasteiger partial charge is 0.243 e. The molecule has 0 radical (unpaired) electrons. The van der Waals surface area contributed by atoms with Gasteiger partial charge in [0.05, 0.1) is 4.90 Å². The van der Waals surface area contributed by atoms with Crippen molar-refractivity contribution >= 4 is 10.0 Å². The van der Waals surface area contributed by atoms with Crippen molar-refractivity contribution in [1.82, 2.24) is 4.31 Å². The molecule has 0 amide bonds. The Kier molecular flexibility index (Phi) is 4.83. The maximum absolute atomic E-state index is 12.7. The predicted octanol–water partition coefficient (Wildman–Crippen LogP) is 2.13. The van der Waals surface area contributed by atoms with Gasteiger partial charge in [0, 0.05) is 20.1 Å². The van der Waals surface area contributed by atoms with Gasteiger partial charge in [-0.05, 0) is 42.4 Å². The number of rotatable bonds is 6. The monoisotopic (exact) mass is 296 g/mol. The zero-order valence-corrected chi connectivity index (χ0v) is 13.1. The van der Waals surface area contributed by atoms with Gasteiger partial charge in [0.2, 0.25) is 10.0 Å². The summed E-state index contributed by atoms with van der Waals surface area (Å²) < 4.78 is 27.0. The van der Waals surface area contributed by atoms with Crippen LogP contribution >= 0.6 is 0 Å². The maximum Gasteiger partial charge on any atom is 0.243 e. The third kappa shape index (κ3) is 3.05. The van der Waals surface area contributed by atoms with Gasteiger partial charge in [-0.25, -0.2) is 12.7 Å². The lowest BCUT2D eigenvalue weighted by molar-refractivity contribution is 0.263. The van der Waals surface area contributed by atoms with Crippen LogP contribution in [0.1, 0.15) is 37.3 Å². The van der Waals surface area contributed by atoms with Crippen LogP contribution in [0.2, 0.25) is 0 Å². The number of sulfonamides is 1. The van der Waals surface area contributed by atoms with Crippen LogP contribution in [0.4, 0.5) is 0 Å². The van der Waals surface area contributed by atoms with Crippen LogP contribution in [-0.2, 0) is 23.0 Å². The Morgan fingerprint density at radius 2 is 2.05 bits per heavy atom. The summed E-state index contributed by atoms with van der Waals surface area (Å²) in [5.74, 6) is 0.526. The Morgan fingerprint density at radius 1 is 1.35 bits per heavy atom. The van der Waals surface area contributed by atoms with Gasteiger partial charge in [-0.2, -0.15) is 0 Å². The molecule has 4 nitrogen and oxygen atoms in total.